The summed E-state index contributed by atoms with van der Waals surface area (Å²) in [5.41, 5.74) is 4.66. The normalized spacial score (nSPS) is 26.1. The van der Waals surface area contributed by atoms with Crippen molar-refractivity contribution in [3.8, 4) is 22.4 Å². The third-order valence-electron chi connectivity index (χ3n) is 10.9. The molecule has 2 saturated heterocycles. The van der Waals surface area contributed by atoms with E-state index in [1.807, 2.05) is 30.9 Å². The molecule has 2 amide bonds. The molecule has 7 atom stereocenters. The SMILES string of the molecule is COC(=O)N[C@H](C(=O)N1C2CC2C[C@H]1c1ncc(-c2ccc(-c3ccc4c(ccc5[nH]c([C@@H]6C[C@H]7C[C@H]7N6)nc54)c3)cc2F)[nH]1)C(C)C. The molecule has 2 aliphatic carbocycles. The van der Waals surface area contributed by atoms with Gasteiger partial charge >= 0.3 is 6.09 Å². The molecule has 0 spiro atoms. The van der Waals surface area contributed by atoms with Crippen LogP contribution in [0, 0.1) is 23.6 Å². The Morgan fingerprint density at radius 2 is 1.81 bits per heavy atom. The van der Waals surface area contributed by atoms with E-state index in [1.165, 1.54) is 13.5 Å². The Morgan fingerprint density at radius 3 is 2.58 bits per heavy atom. The molecule has 2 saturated carbocycles. The number of likely N-dealkylation sites (tertiary alicyclic amines) is 1. The Kier molecular flexibility index (Phi) is 6.66. The number of aromatic nitrogens is 4. The number of fused-ring (bicyclic) bond motifs is 5. The predicted octanol–water partition coefficient (Wildman–Crippen LogP) is 6.38. The first-order valence-electron chi connectivity index (χ1n) is 17.0. The quantitative estimate of drug-likeness (QED) is 0.162. The van der Waals surface area contributed by atoms with Crippen molar-refractivity contribution in [1.29, 1.82) is 0 Å². The van der Waals surface area contributed by atoms with Gasteiger partial charge in [-0.15, -0.1) is 0 Å². The van der Waals surface area contributed by atoms with E-state index < -0.39 is 12.1 Å². The summed E-state index contributed by atoms with van der Waals surface area (Å²) in [6.07, 6.45) is 5.15. The van der Waals surface area contributed by atoms with Crippen LogP contribution in [-0.4, -0.2) is 62.1 Å². The molecule has 246 valence electrons. The van der Waals surface area contributed by atoms with E-state index in [4.69, 9.17) is 9.72 Å². The fourth-order valence-electron chi connectivity index (χ4n) is 8.13. The van der Waals surface area contributed by atoms with E-state index in [-0.39, 0.29) is 29.7 Å². The van der Waals surface area contributed by atoms with Gasteiger partial charge in [-0.25, -0.2) is 19.2 Å². The second-order valence-corrected chi connectivity index (χ2v) is 14.4. The molecule has 0 bridgehead atoms. The summed E-state index contributed by atoms with van der Waals surface area (Å²) in [6, 6.07) is 15.7. The zero-order valence-corrected chi connectivity index (χ0v) is 27.1. The molecule has 4 aliphatic rings. The molecule has 0 radical (unpaired) electrons. The Bertz CT molecular complexity index is 2100. The number of alkyl carbamates (subject to hydrolysis) is 1. The minimum atomic E-state index is -0.712. The maximum atomic E-state index is 15.8. The Labute approximate surface area is 276 Å². The average Bonchev–Trinajstić information content (AvgIpc) is 3.67. The predicted molar refractivity (Wildman–Crippen MR) is 179 cm³/mol. The number of methoxy groups -OCH3 is 1. The van der Waals surface area contributed by atoms with Gasteiger partial charge in [-0.1, -0.05) is 38.1 Å². The summed E-state index contributed by atoms with van der Waals surface area (Å²) in [7, 11) is 1.29. The minimum absolute atomic E-state index is 0.121. The molecule has 9 rings (SSSR count). The lowest BCUT2D eigenvalue weighted by Gasteiger charge is -2.31. The highest BCUT2D eigenvalue weighted by atomic mass is 19.1. The number of hydrogen-bond acceptors (Lipinski definition) is 6. The standard InChI is InChI=1S/C37H38FN7O3/c1-17(2)32(44-37(47)48-3)36(46)45-30-14-22(30)15-31(45)35-39-16-29(42-35)24-8-5-19(11-25(24)38)18-4-7-23-20(10-18)6-9-26-33(23)43-34(41-26)28-13-21-12-27(21)40-28/h4-11,16-17,21-22,27-28,30-32,40H,12-15H2,1-3H3,(H,39,42)(H,41,43)(H,44,47)/t21-,22?,27-,28+,30?,31+,32+/m1/s1. The highest BCUT2D eigenvalue weighted by molar-refractivity contribution is 6.05. The highest BCUT2D eigenvalue weighted by Crippen LogP contribution is 2.53. The van der Waals surface area contributed by atoms with Crippen molar-refractivity contribution in [2.24, 2.45) is 17.8 Å². The first kappa shape index (κ1) is 29.4. The number of aromatic amines is 2. The van der Waals surface area contributed by atoms with Crippen LogP contribution >= 0.6 is 0 Å². The molecule has 5 aromatic rings. The molecule has 2 aromatic heterocycles. The molecule has 4 heterocycles. The fraction of sp³-hybridized carbons (Fsp3) is 0.405. The molecular weight excluding hydrogens is 609 g/mol. The van der Waals surface area contributed by atoms with Gasteiger partial charge in [-0.05, 0) is 84.2 Å². The van der Waals surface area contributed by atoms with Gasteiger partial charge in [0.15, 0.2) is 0 Å². The van der Waals surface area contributed by atoms with E-state index in [0.29, 0.717) is 35.1 Å². The van der Waals surface area contributed by atoms with Crippen LogP contribution in [0.1, 0.15) is 63.3 Å². The number of ether oxygens (including phenoxy) is 1. The molecule has 2 aliphatic heterocycles. The van der Waals surface area contributed by atoms with Gasteiger partial charge in [0.25, 0.3) is 0 Å². The van der Waals surface area contributed by atoms with Gasteiger partial charge in [0.1, 0.15) is 23.5 Å². The Morgan fingerprint density at radius 1 is 0.979 bits per heavy atom. The van der Waals surface area contributed by atoms with E-state index in [1.54, 1.807) is 18.3 Å². The van der Waals surface area contributed by atoms with Crippen LogP contribution in [0.3, 0.4) is 0 Å². The molecule has 4 fully saturated rings. The van der Waals surface area contributed by atoms with Crippen LogP contribution in [0.2, 0.25) is 0 Å². The van der Waals surface area contributed by atoms with Crippen LogP contribution in [0.4, 0.5) is 9.18 Å². The van der Waals surface area contributed by atoms with E-state index in [9.17, 15) is 9.59 Å². The van der Waals surface area contributed by atoms with Crippen molar-refractivity contribution in [3.05, 3.63) is 72.2 Å². The summed E-state index contributed by atoms with van der Waals surface area (Å²) in [5.74, 6) is 2.19. The summed E-state index contributed by atoms with van der Waals surface area (Å²) in [6.45, 7) is 3.79. The smallest absolute Gasteiger partial charge is 0.407 e. The first-order valence-corrected chi connectivity index (χ1v) is 17.0. The number of piperidine rings is 2. The maximum Gasteiger partial charge on any atom is 0.407 e. The van der Waals surface area contributed by atoms with Crippen LogP contribution in [0.25, 0.3) is 44.2 Å². The van der Waals surface area contributed by atoms with Crippen LogP contribution in [-0.2, 0) is 9.53 Å². The zero-order valence-electron chi connectivity index (χ0n) is 27.1. The summed E-state index contributed by atoms with van der Waals surface area (Å²) >= 11 is 0. The number of carbonyl (C=O) groups excluding carboxylic acids is 2. The second kappa shape index (κ2) is 10.9. The van der Waals surface area contributed by atoms with Crippen LogP contribution < -0.4 is 10.6 Å². The minimum Gasteiger partial charge on any atom is -0.453 e. The monoisotopic (exact) mass is 647 g/mol. The largest absolute Gasteiger partial charge is 0.453 e. The summed E-state index contributed by atoms with van der Waals surface area (Å²) < 4.78 is 20.5. The molecule has 48 heavy (non-hydrogen) atoms. The number of nitrogens with zero attached hydrogens (tertiary/aromatic N) is 3. The molecule has 2 unspecified atom stereocenters. The van der Waals surface area contributed by atoms with Gasteiger partial charge in [0.05, 0.1) is 42.1 Å². The Balaban J connectivity index is 0.956. The topological polar surface area (TPSA) is 128 Å². The van der Waals surface area contributed by atoms with Gasteiger partial charge in [-0.2, -0.15) is 0 Å². The van der Waals surface area contributed by atoms with Crippen molar-refractivity contribution < 1.29 is 18.7 Å². The van der Waals surface area contributed by atoms with E-state index in [0.717, 1.165) is 63.9 Å². The Hall–Kier alpha value is -4.77. The lowest BCUT2D eigenvalue weighted by atomic mass is 9.99. The fourth-order valence-corrected chi connectivity index (χ4v) is 8.13. The van der Waals surface area contributed by atoms with Crippen molar-refractivity contribution in [2.75, 3.05) is 7.11 Å². The number of benzene rings is 3. The maximum absolute atomic E-state index is 15.8. The zero-order chi connectivity index (χ0) is 32.8. The lowest BCUT2D eigenvalue weighted by molar-refractivity contribution is -0.136. The number of hydrogen-bond donors (Lipinski definition) is 4. The van der Waals surface area contributed by atoms with Crippen molar-refractivity contribution >= 4 is 33.8 Å². The number of nitrogens with one attached hydrogen (secondary N) is 4. The summed E-state index contributed by atoms with van der Waals surface area (Å²) in [5, 5.41) is 8.51. The molecule has 10 nitrogen and oxygen atoms in total. The van der Waals surface area contributed by atoms with Gasteiger partial charge in [0.2, 0.25) is 5.91 Å². The lowest BCUT2D eigenvalue weighted by Crippen LogP contribution is -2.52. The van der Waals surface area contributed by atoms with Crippen LogP contribution in [0.15, 0.2) is 54.7 Å². The van der Waals surface area contributed by atoms with E-state index in [2.05, 4.69) is 49.9 Å². The molecule has 11 heteroatoms. The third kappa shape index (κ3) is 4.86. The second-order valence-electron chi connectivity index (χ2n) is 14.4. The third-order valence-corrected chi connectivity index (χ3v) is 10.9. The molecular formula is C37H38FN7O3. The van der Waals surface area contributed by atoms with Gasteiger partial charge < -0.3 is 30.2 Å². The van der Waals surface area contributed by atoms with Crippen molar-refractivity contribution in [1.82, 2.24) is 35.5 Å². The molecule has 4 N–H and O–H groups in total. The number of carbonyl (C=O) groups is 2. The van der Waals surface area contributed by atoms with Crippen molar-refractivity contribution in [3.63, 3.8) is 0 Å². The molecule has 3 aromatic carbocycles. The van der Waals surface area contributed by atoms with Crippen molar-refractivity contribution in [2.45, 2.75) is 69.7 Å². The highest BCUT2D eigenvalue weighted by Gasteiger charge is 2.56. The number of amides is 2. The van der Waals surface area contributed by atoms with Gasteiger partial charge in [0, 0.05) is 23.0 Å². The number of imidazole rings is 2. The van der Waals surface area contributed by atoms with Gasteiger partial charge in [-0.3, -0.25) is 4.79 Å². The number of halogens is 1. The first-order chi connectivity index (χ1) is 23.2. The summed E-state index contributed by atoms with van der Waals surface area (Å²) in [4.78, 5) is 44.0. The number of rotatable bonds is 7. The average molecular weight is 648 g/mol. The van der Waals surface area contributed by atoms with E-state index >= 15 is 4.39 Å². The van der Waals surface area contributed by atoms with Crippen LogP contribution in [0.5, 0.6) is 0 Å². The number of H-pyrrole nitrogens is 2.